The van der Waals surface area contributed by atoms with Gasteiger partial charge in [-0.25, -0.2) is 0 Å². The van der Waals surface area contributed by atoms with Gasteiger partial charge < -0.3 is 24.5 Å². The summed E-state index contributed by atoms with van der Waals surface area (Å²) in [6, 6.07) is 20.6. The van der Waals surface area contributed by atoms with Crippen molar-refractivity contribution in [3.8, 4) is 34.1 Å². The van der Waals surface area contributed by atoms with E-state index < -0.39 is 0 Å². The standard InChI is InChI=1S/C26H24N2O4/c1-30-23-13-18(14-24(31-2)26(23)32-3)25(29)22-16-28(20-10-5-4-6-11-20)15-21(22)17-8-7-9-19(27)12-17/h4-16H,27H2,1-3H3. The second kappa shape index (κ2) is 8.89. The lowest BCUT2D eigenvalue weighted by atomic mass is 9.97. The molecule has 0 bridgehead atoms. The van der Waals surface area contributed by atoms with Gasteiger partial charge in [0.05, 0.1) is 21.3 Å². The molecule has 0 fully saturated rings. The minimum absolute atomic E-state index is 0.170. The maximum absolute atomic E-state index is 13.7. The summed E-state index contributed by atoms with van der Waals surface area (Å²) in [6.45, 7) is 0. The van der Waals surface area contributed by atoms with Crippen LogP contribution in [-0.2, 0) is 0 Å². The zero-order valence-electron chi connectivity index (χ0n) is 18.2. The number of anilines is 1. The van der Waals surface area contributed by atoms with Crippen LogP contribution in [0.5, 0.6) is 17.2 Å². The molecule has 0 radical (unpaired) electrons. The van der Waals surface area contributed by atoms with Gasteiger partial charge in [-0.05, 0) is 42.0 Å². The molecule has 1 heterocycles. The maximum Gasteiger partial charge on any atom is 0.203 e. The van der Waals surface area contributed by atoms with Gasteiger partial charge in [0, 0.05) is 40.5 Å². The van der Waals surface area contributed by atoms with Crippen LogP contribution in [0.1, 0.15) is 15.9 Å². The Hall–Kier alpha value is -4.19. The number of ketones is 1. The number of rotatable bonds is 7. The number of hydrogen-bond acceptors (Lipinski definition) is 5. The van der Waals surface area contributed by atoms with Crippen molar-refractivity contribution in [1.29, 1.82) is 0 Å². The monoisotopic (exact) mass is 428 g/mol. The fraction of sp³-hybridized carbons (Fsp3) is 0.115. The molecule has 4 rings (SSSR count). The first-order valence-electron chi connectivity index (χ1n) is 10.0. The molecule has 162 valence electrons. The van der Waals surface area contributed by atoms with Gasteiger partial charge in [0.1, 0.15) is 0 Å². The Bertz CT molecular complexity index is 1240. The lowest BCUT2D eigenvalue weighted by Crippen LogP contribution is -2.05. The van der Waals surface area contributed by atoms with Crippen molar-refractivity contribution in [2.45, 2.75) is 0 Å². The van der Waals surface area contributed by atoms with E-state index in [9.17, 15) is 4.79 Å². The fourth-order valence-electron chi connectivity index (χ4n) is 3.69. The molecule has 6 nitrogen and oxygen atoms in total. The molecule has 2 N–H and O–H groups in total. The summed E-state index contributed by atoms with van der Waals surface area (Å²) < 4.78 is 18.2. The first-order chi connectivity index (χ1) is 15.5. The van der Waals surface area contributed by atoms with Gasteiger partial charge in [-0.3, -0.25) is 4.79 Å². The molecule has 1 aromatic heterocycles. The summed E-state index contributed by atoms with van der Waals surface area (Å²) in [5.41, 5.74) is 10.2. The van der Waals surface area contributed by atoms with Crippen molar-refractivity contribution in [3.63, 3.8) is 0 Å². The van der Waals surface area contributed by atoms with Crippen LogP contribution in [0.15, 0.2) is 79.1 Å². The third-order valence-corrected chi connectivity index (χ3v) is 5.25. The third-order valence-electron chi connectivity index (χ3n) is 5.25. The van der Waals surface area contributed by atoms with E-state index in [4.69, 9.17) is 19.9 Å². The van der Waals surface area contributed by atoms with Crippen molar-refractivity contribution in [2.75, 3.05) is 27.1 Å². The molecule has 0 spiro atoms. The Morgan fingerprint density at radius 2 is 1.50 bits per heavy atom. The van der Waals surface area contributed by atoms with Crippen LogP contribution in [0, 0.1) is 0 Å². The molecule has 0 unspecified atom stereocenters. The fourth-order valence-corrected chi connectivity index (χ4v) is 3.69. The Morgan fingerprint density at radius 3 is 2.09 bits per heavy atom. The highest BCUT2D eigenvalue weighted by Gasteiger charge is 2.22. The van der Waals surface area contributed by atoms with Crippen LogP contribution in [0.2, 0.25) is 0 Å². The number of nitrogens with zero attached hydrogens (tertiary/aromatic N) is 1. The molecule has 32 heavy (non-hydrogen) atoms. The van der Waals surface area contributed by atoms with Crippen molar-refractivity contribution < 1.29 is 19.0 Å². The predicted octanol–water partition coefficient (Wildman–Crippen LogP) is 4.98. The topological polar surface area (TPSA) is 75.7 Å². The SMILES string of the molecule is COc1cc(C(=O)c2cn(-c3ccccc3)cc2-c2cccc(N)c2)cc(OC)c1OC. The van der Waals surface area contributed by atoms with Gasteiger partial charge in [0.25, 0.3) is 0 Å². The zero-order chi connectivity index (χ0) is 22.7. The largest absolute Gasteiger partial charge is 0.493 e. The number of nitrogens with two attached hydrogens (primary N) is 1. The minimum Gasteiger partial charge on any atom is -0.493 e. The molecule has 0 aliphatic rings. The Balaban J connectivity index is 1.89. The number of nitrogen functional groups attached to an aromatic ring is 1. The van der Waals surface area contributed by atoms with E-state index in [1.807, 2.05) is 71.6 Å². The van der Waals surface area contributed by atoms with E-state index in [1.165, 1.54) is 21.3 Å². The second-order valence-corrected chi connectivity index (χ2v) is 7.20. The second-order valence-electron chi connectivity index (χ2n) is 7.20. The number of methoxy groups -OCH3 is 3. The number of hydrogen-bond donors (Lipinski definition) is 1. The summed E-state index contributed by atoms with van der Waals surface area (Å²) in [6.07, 6.45) is 3.77. The van der Waals surface area contributed by atoms with Crippen molar-refractivity contribution >= 4 is 11.5 Å². The molecule has 3 aromatic carbocycles. The van der Waals surface area contributed by atoms with Gasteiger partial charge in [0.2, 0.25) is 5.75 Å². The van der Waals surface area contributed by atoms with E-state index in [-0.39, 0.29) is 5.78 Å². The van der Waals surface area contributed by atoms with E-state index in [0.717, 1.165) is 16.8 Å². The molecule has 0 aliphatic carbocycles. The first-order valence-corrected chi connectivity index (χ1v) is 10.0. The summed E-state index contributed by atoms with van der Waals surface area (Å²) in [4.78, 5) is 13.7. The summed E-state index contributed by atoms with van der Waals surface area (Å²) in [5, 5.41) is 0. The third kappa shape index (κ3) is 3.90. The van der Waals surface area contributed by atoms with Crippen molar-refractivity contribution in [3.05, 3.63) is 90.3 Å². The molecule has 0 aliphatic heterocycles. The molecule has 0 atom stereocenters. The Kier molecular flexibility index (Phi) is 5.85. The van der Waals surface area contributed by atoms with Gasteiger partial charge in [-0.2, -0.15) is 0 Å². The predicted molar refractivity (Wildman–Crippen MR) is 125 cm³/mol. The van der Waals surface area contributed by atoms with Crippen LogP contribution >= 0.6 is 0 Å². The van der Waals surface area contributed by atoms with E-state index >= 15 is 0 Å². The number of para-hydroxylation sites is 1. The van der Waals surface area contributed by atoms with Gasteiger partial charge in [0.15, 0.2) is 17.3 Å². The molecule has 0 saturated heterocycles. The van der Waals surface area contributed by atoms with Crippen LogP contribution in [0.4, 0.5) is 5.69 Å². The average Bonchev–Trinajstić information content (AvgIpc) is 3.28. The highest BCUT2D eigenvalue weighted by atomic mass is 16.5. The molecule has 0 amide bonds. The normalized spacial score (nSPS) is 10.6. The molecular weight excluding hydrogens is 404 g/mol. The van der Waals surface area contributed by atoms with E-state index in [0.29, 0.717) is 34.1 Å². The highest BCUT2D eigenvalue weighted by molar-refractivity contribution is 6.13. The summed E-state index contributed by atoms with van der Waals surface area (Å²) in [5.74, 6) is 1.10. The minimum atomic E-state index is -0.170. The number of ether oxygens (including phenoxy) is 3. The smallest absolute Gasteiger partial charge is 0.203 e. The molecule has 6 heteroatoms. The van der Waals surface area contributed by atoms with E-state index in [1.54, 1.807) is 12.1 Å². The summed E-state index contributed by atoms with van der Waals surface area (Å²) >= 11 is 0. The quantitative estimate of drug-likeness (QED) is 0.332. The van der Waals surface area contributed by atoms with Gasteiger partial charge in [-0.15, -0.1) is 0 Å². The lowest BCUT2D eigenvalue weighted by molar-refractivity contribution is 0.103. The highest BCUT2D eigenvalue weighted by Crippen LogP contribution is 2.39. The number of carbonyl (C=O) groups excluding carboxylic acids is 1. The lowest BCUT2D eigenvalue weighted by Gasteiger charge is -2.14. The average molecular weight is 428 g/mol. The Morgan fingerprint density at radius 1 is 0.812 bits per heavy atom. The zero-order valence-corrected chi connectivity index (χ0v) is 18.2. The first kappa shape index (κ1) is 21.1. The number of benzene rings is 3. The summed E-state index contributed by atoms with van der Waals surface area (Å²) in [7, 11) is 4.57. The molecule has 0 saturated carbocycles. The molecule has 4 aromatic rings. The van der Waals surface area contributed by atoms with Crippen molar-refractivity contribution in [1.82, 2.24) is 4.57 Å². The van der Waals surface area contributed by atoms with Crippen LogP contribution in [-0.4, -0.2) is 31.7 Å². The van der Waals surface area contributed by atoms with Crippen molar-refractivity contribution in [2.24, 2.45) is 0 Å². The van der Waals surface area contributed by atoms with Crippen LogP contribution < -0.4 is 19.9 Å². The maximum atomic E-state index is 13.7. The Labute approximate surface area is 186 Å². The van der Waals surface area contributed by atoms with Crippen LogP contribution in [0.25, 0.3) is 16.8 Å². The van der Waals surface area contributed by atoms with Crippen LogP contribution in [0.3, 0.4) is 0 Å². The van der Waals surface area contributed by atoms with Gasteiger partial charge >= 0.3 is 0 Å². The van der Waals surface area contributed by atoms with Gasteiger partial charge in [-0.1, -0.05) is 30.3 Å². The number of aromatic nitrogens is 1. The number of carbonyl (C=O) groups is 1. The molecular formula is C26H24N2O4. The van der Waals surface area contributed by atoms with E-state index in [2.05, 4.69) is 0 Å².